The molecule has 1 unspecified atom stereocenters. The molecule has 31 heavy (non-hydrogen) atoms. The average Bonchev–Trinajstić information content (AvgIpc) is 3.29. The van der Waals surface area contributed by atoms with Crippen molar-refractivity contribution in [1.29, 1.82) is 0 Å². The third-order valence-electron chi connectivity index (χ3n) is 4.61. The number of phenolic OH excluding ortho intramolecular Hbond substituents is 1. The zero-order valence-corrected chi connectivity index (χ0v) is 17.9. The van der Waals surface area contributed by atoms with Crippen LogP contribution < -0.4 is 10.6 Å². The number of carbonyl (C=O) groups is 4. The third kappa shape index (κ3) is 4.82. The minimum absolute atomic E-state index is 0.00176. The summed E-state index contributed by atoms with van der Waals surface area (Å²) in [6.45, 7) is 3.73. The Labute approximate surface area is 182 Å². The molecular formula is C20H22N4O6S. The fourth-order valence-corrected chi connectivity index (χ4v) is 3.90. The van der Waals surface area contributed by atoms with Gasteiger partial charge in [0.1, 0.15) is 17.8 Å². The summed E-state index contributed by atoms with van der Waals surface area (Å²) in [7, 11) is 1.22. The fraction of sp³-hybridized carbons (Fsp3) is 0.350. The number of thiazole rings is 1. The van der Waals surface area contributed by atoms with Crippen molar-refractivity contribution in [1.82, 2.24) is 15.2 Å². The number of aromatic nitrogens is 1. The summed E-state index contributed by atoms with van der Waals surface area (Å²) in [5, 5.41) is 16.4. The number of benzene rings is 1. The Kier molecular flexibility index (Phi) is 6.54. The SMILES string of the molecule is COC(=O)c1csc(NC(=O)[C@H](CC(C)C)N2C(=O)NC(c3cccc(O)c3)C2=O)n1. The monoisotopic (exact) mass is 446 g/mol. The zero-order chi connectivity index (χ0) is 22.7. The molecule has 0 radical (unpaired) electrons. The van der Waals surface area contributed by atoms with Crippen LogP contribution in [0.15, 0.2) is 29.6 Å². The lowest BCUT2D eigenvalue weighted by Gasteiger charge is -2.25. The van der Waals surface area contributed by atoms with E-state index in [9.17, 15) is 24.3 Å². The molecule has 4 amide bonds. The Hall–Kier alpha value is -3.47. The smallest absolute Gasteiger partial charge is 0.357 e. The molecule has 11 heteroatoms. The van der Waals surface area contributed by atoms with Crippen LogP contribution in [-0.4, -0.2) is 52.0 Å². The van der Waals surface area contributed by atoms with E-state index in [4.69, 9.17) is 0 Å². The van der Waals surface area contributed by atoms with E-state index in [1.54, 1.807) is 12.1 Å². The number of aromatic hydroxyl groups is 1. The first-order chi connectivity index (χ1) is 14.7. The lowest BCUT2D eigenvalue weighted by molar-refractivity contribution is -0.134. The molecule has 164 valence electrons. The molecular weight excluding hydrogens is 424 g/mol. The van der Waals surface area contributed by atoms with Crippen LogP contribution in [0.4, 0.5) is 9.93 Å². The van der Waals surface area contributed by atoms with Crippen LogP contribution in [0, 0.1) is 5.92 Å². The van der Waals surface area contributed by atoms with Gasteiger partial charge in [-0.25, -0.2) is 19.5 Å². The summed E-state index contributed by atoms with van der Waals surface area (Å²) in [5.74, 6) is -1.87. The number of nitrogens with one attached hydrogen (secondary N) is 2. The molecule has 3 rings (SSSR count). The number of amides is 4. The van der Waals surface area contributed by atoms with E-state index in [2.05, 4.69) is 20.4 Å². The highest BCUT2D eigenvalue weighted by Crippen LogP contribution is 2.28. The highest BCUT2D eigenvalue weighted by molar-refractivity contribution is 7.14. The van der Waals surface area contributed by atoms with Gasteiger partial charge in [-0.05, 0) is 30.0 Å². The Morgan fingerprint density at radius 2 is 2.10 bits per heavy atom. The first-order valence-corrected chi connectivity index (χ1v) is 10.4. The molecule has 10 nitrogen and oxygen atoms in total. The van der Waals surface area contributed by atoms with E-state index in [0.717, 1.165) is 16.2 Å². The van der Waals surface area contributed by atoms with Gasteiger partial charge in [-0.15, -0.1) is 11.3 Å². The number of nitrogens with zero attached hydrogens (tertiary/aromatic N) is 2. The largest absolute Gasteiger partial charge is 0.508 e. The van der Waals surface area contributed by atoms with E-state index < -0.39 is 35.9 Å². The maximum atomic E-state index is 13.0. The highest BCUT2D eigenvalue weighted by Gasteiger charge is 2.45. The first kappa shape index (κ1) is 22.2. The minimum Gasteiger partial charge on any atom is -0.508 e. The molecule has 0 bridgehead atoms. The first-order valence-electron chi connectivity index (χ1n) is 9.48. The van der Waals surface area contributed by atoms with Gasteiger partial charge in [0, 0.05) is 5.38 Å². The van der Waals surface area contributed by atoms with Crippen LogP contribution in [0.1, 0.15) is 42.4 Å². The van der Waals surface area contributed by atoms with Crippen molar-refractivity contribution in [3.8, 4) is 5.75 Å². The number of anilines is 1. The van der Waals surface area contributed by atoms with Crippen molar-refractivity contribution in [2.24, 2.45) is 5.92 Å². The van der Waals surface area contributed by atoms with Crippen molar-refractivity contribution >= 4 is 40.3 Å². The molecule has 1 saturated heterocycles. The Morgan fingerprint density at radius 3 is 2.74 bits per heavy atom. The molecule has 3 N–H and O–H groups in total. The van der Waals surface area contributed by atoms with Gasteiger partial charge in [-0.2, -0.15) is 0 Å². The lowest BCUT2D eigenvalue weighted by Crippen LogP contribution is -2.48. The molecule has 1 aromatic heterocycles. The van der Waals surface area contributed by atoms with Crippen LogP contribution in [-0.2, 0) is 14.3 Å². The van der Waals surface area contributed by atoms with Gasteiger partial charge < -0.3 is 20.5 Å². The molecule has 1 fully saturated rings. The average molecular weight is 446 g/mol. The predicted molar refractivity (Wildman–Crippen MR) is 112 cm³/mol. The van der Waals surface area contributed by atoms with Crippen molar-refractivity contribution in [3.63, 3.8) is 0 Å². The quantitative estimate of drug-likeness (QED) is 0.438. The number of imide groups is 1. The summed E-state index contributed by atoms with van der Waals surface area (Å²) in [4.78, 5) is 55.2. The Morgan fingerprint density at radius 1 is 1.35 bits per heavy atom. The van der Waals surface area contributed by atoms with Gasteiger partial charge in [0.2, 0.25) is 5.91 Å². The van der Waals surface area contributed by atoms with E-state index in [-0.39, 0.29) is 28.9 Å². The van der Waals surface area contributed by atoms with E-state index >= 15 is 0 Å². The highest BCUT2D eigenvalue weighted by atomic mass is 32.1. The number of urea groups is 1. The van der Waals surface area contributed by atoms with Crippen LogP contribution >= 0.6 is 11.3 Å². The van der Waals surface area contributed by atoms with Crippen LogP contribution in [0.25, 0.3) is 0 Å². The maximum absolute atomic E-state index is 13.0. The zero-order valence-electron chi connectivity index (χ0n) is 17.1. The predicted octanol–water partition coefficient (Wildman–Crippen LogP) is 2.28. The number of esters is 1. The van der Waals surface area contributed by atoms with Gasteiger partial charge in [0.05, 0.1) is 7.11 Å². The summed E-state index contributed by atoms with van der Waals surface area (Å²) < 4.78 is 4.60. The molecule has 2 aromatic rings. The molecule has 1 aromatic carbocycles. The molecule has 0 spiro atoms. The van der Waals surface area contributed by atoms with Crippen LogP contribution in [0.3, 0.4) is 0 Å². The molecule has 0 saturated carbocycles. The molecule has 1 aliphatic rings. The standard InChI is InChI=1S/C20H22N4O6S/c1-10(2)7-14(16(26)23-19-21-13(9-31-19)18(28)30-3)24-17(27)15(22-20(24)29)11-5-4-6-12(25)8-11/h4-6,8-10,14-15,25H,7H2,1-3H3,(H,22,29)(H,21,23,26)/t14-,15?/m0/s1. The summed E-state index contributed by atoms with van der Waals surface area (Å²) in [6, 6.07) is 3.21. The lowest BCUT2D eigenvalue weighted by atomic mass is 10.0. The molecule has 1 aliphatic heterocycles. The van der Waals surface area contributed by atoms with Crippen LogP contribution in [0.5, 0.6) is 5.75 Å². The molecule has 0 aliphatic carbocycles. The second kappa shape index (κ2) is 9.13. The Bertz CT molecular complexity index is 1020. The van der Waals surface area contributed by atoms with Gasteiger partial charge in [-0.1, -0.05) is 26.0 Å². The number of hydrogen-bond donors (Lipinski definition) is 3. The second-order valence-electron chi connectivity index (χ2n) is 7.35. The van der Waals surface area contributed by atoms with Crippen molar-refractivity contribution in [2.75, 3.05) is 12.4 Å². The number of phenols is 1. The van der Waals surface area contributed by atoms with Crippen molar-refractivity contribution < 1.29 is 29.0 Å². The maximum Gasteiger partial charge on any atom is 0.357 e. The summed E-state index contributed by atoms with van der Waals surface area (Å²) in [5.41, 5.74) is 0.453. The minimum atomic E-state index is -1.08. The van der Waals surface area contributed by atoms with E-state index in [1.165, 1.54) is 24.6 Å². The fourth-order valence-electron chi connectivity index (χ4n) is 3.21. The number of carbonyl (C=O) groups excluding carboxylic acids is 4. The van der Waals surface area contributed by atoms with Gasteiger partial charge in [-0.3, -0.25) is 9.59 Å². The molecule has 2 atom stereocenters. The van der Waals surface area contributed by atoms with E-state index in [0.29, 0.717) is 5.56 Å². The van der Waals surface area contributed by atoms with Crippen LogP contribution in [0.2, 0.25) is 0 Å². The third-order valence-corrected chi connectivity index (χ3v) is 5.37. The second-order valence-corrected chi connectivity index (χ2v) is 8.21. The Balaban J connectivity index is 1.83. The number of ether oxygens (including phenoxy) is 1. The van der Waals surface area contributed by atoms with Crippen molar-refractivity contribution in [2.45, 2.75) is 32.4 Å². The van der Waals surface area contributed by atoms with Gasteiger partial charge in [0.25, 0.3) is 5.91 Å². The van der Waals surface area contributed by atoms with Gasteiger partial charge in [0.15, 0.2) is 10.8 Å². The topological polar surface area (TPSA) is 138 Å². The molecule has 2 heterocycles. The van der Waals surface area contributed by atoms with Crippen molar-refractivity contribution in [3.05, 3.63) is 40.9 Å². The number of methoxy groups -OCH3 is 1. The number of rotatable bonds is 7. The van der Waals surface area contributed by atoms with Gasteiger partial charge >= 0.3 is 12.0 Å². The normalized spacial score (nSPS) is 16.9. The summed E-state index contributed by atoms with van der Waals surface area (Å²) >= 11 is 1.03. The number of hydrogen-bond acceptors (Lipinski definition) is 8. The summed E-state index contributed by atoms with van der Waals surface area (Å²) in [6.07, 6.45) is 0.229. The van der Waals surface area contributed by atoms with E-state index in [1.807, 2.05) is 13.8 Å².